The molecule has 0 aliphatic rings. The molecule has 0 unspecified atom stereocenters. The fraction of sp³-hybridized carbons (Fsp3) is 0.286. The van der Waals surface area contributed by atoms with Gasteiger partial charge in [-0.05, 0) is 41.8 Å². The van der Waals surface area contributed by atoms with Gasteiger partial charge in [-0.2, -0.15) is 0 Å². The largest absolute Gasteiger partial charge is 0.481 e. The first-order chi connectivity index (χ1) is 7.77. The molecule has 0 spiro atoms. The number of rotatable bonds is 3. The van der Waals surface area contributed by atoms with Crippen molar-refractivity contribution in [2.45, 2.75) is 20.3 Å². The van der Waals surface area contributed by atoms with Crippen LogP contribution in [0.4, 0.5) is 0 Å². The first-order valence-electron chi connectivity index (χ1n) is 5.33. The highest BCUT2D eigenvalue weighted by atomic mass is 32.1. The van der Waals surface area contributed by atoms with Gasteiger partial charge in [0.05, 0.1) is 0 Å². The predicted octanol–water partition coefficient (Wildman–Crippen LogP) is 3.78. The fourth-order valence-corrected chi connectivity index (χ4v) is 2.85. The number of thiophene rings is 1. The van der Waals surface area contributed by atoms with Crippen molar-refractivity contribution in [3.63, 3.8) is 0 Å². The molecule has 0 saturated heterocycles. The van der Waals surface area contributed by atoms with Crippen LogP contribution in [0.2, 0.25) is 0 Å². The lowest BCUT2D eigenvalue weighted by molar-refractivity contribution is 0.367. The number of hydrogen-bond acceptors (Lipinski definition) is 2. The van der Waals surface area contributed by atoms with E-state index in [1.54, 1.807) is 11.3 Å². The Hall–Kier alpha value is -1.46. The summed E-state index contributed by atoms with van der Waals surface area (Å²) >= 11 is 1.78. The average molecular weight is 230 g/mol. The standard InChI is InChI=1S/C14H14OS/c1-4-7-15-13-9-10(3)14-12(6-8-16-14)11(13)5-2/h1,6,8-9H,5,7H2,2-3H3. The zero-order chi connectivity index (χ0) is 11.5. The molecule has 0 atom stereocenters. The van der Waals surface area contributed by atoms with Crippen molar-refractivity contribution in [1.29, 1.82) is 0 Å². The molecule has 2 heteroatoms. The van der Waals surface area contributed by atoms with E-state index in [0.29, 0.717) is 6.61 Å². The summed E-state index contributed by atoms with van der Waals surface area (Å²) in [5.41, 5.74) is 2.52. The van der Waals surface area contributed by atoms with Gasteiger partial charge in [-0.1, -0.05) is 12.8 Å². The van der Waals surface area contributed by atoms with Crippen molar-refractivity contribution in [1.82, 2.24) is 0 Å². The van der Waals surface area contributed by atoms with E-state index in [1.165, 1.54) is 21.2 Å². The summed E-state index contributed by atoms with van der Waals surface area (Å²) in [4.78, 5) is 0. The van der Waals surface area contributed by atoms with Gasteiger partial charge >= 0.3 is 0 Å². The zero-order valence-corrected chi connectivity index (χ0v) is 10.4. The fourth-order valence-electron chi connectivity index (χ4n) is 1.95. The Labute approximate surface area is 100 Å². The number of hydrogen-bond donors (Lipinski definition) is 0. The molecule has 2 rings (SSSR count). The number of aryl methyl sites for hydroxylation is 2. The molecule has 2 aromatic rings. The summed E-state index contributed by atoms with van der Waals surface area (Å²) in [6.07, 6.45) is 6.19. The molecule has 16 heavy (non-hydrogen) atoms. The number of fused-ring (bicyclic) bond motifs is 1. The molecule has 0 amide bonds. The maximum absolute atomic E-state index is 5.60. The van der Waals surface area contributed by atoms with E-state index in [9.17, 15) is 0 Å². The lowest BCUT2D eigenvalue weighted by atomic mass is 10.0. The quantitative estimate of drug-likeness (QED) is 0.729. The Bertz CT molecular complexity index is 546. The van der Waals surface area contributed by atoms with Crippen molar-refractivity contribution >= 4 is 21.4 Å². The molecule has 0 fully saturated rings. The molecule has 0 bridgehead atoms. The lowest BCUT2D eigenvalue weighted by Crippen LogP contribution is -1.98. The van der Waals surface area contributed by atoms with Crippen LogP contribution < -0.4 is 4.74 Å². The second-order valence-corrected chi connectivity index (χ2v) is 4.60. The topological polar surface area (TPSA) is 9.23 Å². The molecule has 0 aliphatic carbocycles. The van der Waals surface area contributed by atoms with E-state index in [1.807, 2.05) is 0 Å². The third-order valence-corrected chi connectivity index (χ3v) is 3.71. The molecule has 1 aromatic carbocycles. The van der Waals surface area contributed by atoms with Gasteiger partial charge in [-0.3, -0.25) is 0 Å². The monoisotopic (exact) mass is 230 g/mol. The third kappa shape index (κ3) is 1.79. The normalized spacial score (nSPS) is 10.3. The first-order valence-corrected chi connectivity index (χ1v) is 6.21. The second kappa shape index (κ2) is 4.59. The van der Waals surface area contributed by atoms with Crippen LogP contribution in [0.3, 0.4) is 0 Å². The maximum atomic E-state index is 5.60. The van der Waals surface area contributed by atoms with Gasteiger partial charge in [0, 0.05) is 10.3 Å². The molecule has 82 valence electrons. The number of terminal acetylenes is 1. The summed E-state index contributed by atoms with van der Waals surface area (Å²) in [6, 6.07) is 4.25. The first kappa shape index (κ1) is 11.0. The Morgan fingerprint density at radius 3 is 3.00 bits per heavy atom. The maximum Gasteiger partial charge on any atom is 0.148 e. The van der Waals surface area contributed by atoms with Gasteiger partial charge in [0.25, 0.3) is 0 Å². The molecular weight excluding hydrogens is 216 g/mol. The van der Waals surface area contributed by atoms with Gasteiger partial charge in [0.15, 0.2) is 0 Å². The highest BCUT2D eigenvalue weighted by Gasteiger charge is 2.10. The molecule has 0 N–H and O–H groups in total. The van der Waals surface area contributed by atoms with Crippen molar-refractivity contribution in [2.75, 3.05) is 6.61 Å². The van der Waals surface area contributed by atoms with E-state index in [2.05, 4.69) is 37.3 Å². The number of ether oxygens (including phenoxy) is 1. The van der Waals surface area contributed by atoms with Gasteiger partial charge in [-0.15, -0.1) is 17.8 Å². The van der Waals surface area contributed by atoms with Crippen LogP contribution in [0.15, 0.2) is 17.5 Å². The van der Waals surface area contributed by atoms with Crippen LogP contribution in [0.5, 0.6) is 5.75 Å². The molecule has 0 saturated carbocycles. The minimum Gasteiger partial charge on any atom is -0.481 e. The lowest BCUT2D eigenvalue weighted by Gasteiger charge is -2.11. The third-order valence-electron chi connectivity index (χ3n) is 2.66. The SMILES string of the molecule is C#CCOc1cc(C)c2sccc2c1CC. The Balaban J connectivity index is 2.59. The predicted molar refractivity (Wildman–Crippen MR) is 70.3 cm³/mol. The summed E-state index contributed by atoms with van der Waals surface area (Å²) in [5, 5.41) is 3.43. The van der Waals surface area contributed by atoms with Crippen molar-refractivity contribution in [3.05, 3.63) is 28.6 Å². The summed E-state index contributed by atoms with van der Waals surface area (Å²) < 4.78 is 6.96. The van der Waals surface area contributed by atoms with Gasteiger partial charge in [0.1, 0.15) is 12.4 Å². The van der Waals surface area contributed by atoms with Crippen LogP contribution in [0.25, 0.3) is 10.1 Å². The second-order valence-electron chi connectivity index (χ2n) is 3.68. The molecule has 0 aliphatic heterocycles. The Kier molecular flexibility index (Phi) is 3.17. The summed E-state index contributed by atoms with van der Waals surface area (Å²) in [5.74, 6) is 3.44. The van der Waals surface area contributed by atoms with E-state index in [-0.39, 0.29) is 0 Å². The molecule has 1 nitrogen and oxygen atoms in total. The minimum atomic E-state index is 0.335. The zero-order valence-electron chi connectivity index (χ0n) is 9.54. The highest BCUT2D eigenvalue weighted by Crippen LogP contribution is 2.34. The minimum absolute atomic E-state index is 0.335. The molecule has 1 aromatic heterocycles. The van der Waals surface area contributed by atoms with E-state index in [0.717, 1.165) is 12.2 Å². The molecule has 0 radical (unpaired) electrons. The van der Waals surface area contributed by atoms with Crippen LogP contribution >= 0.6 is 11.3 Å². The van der Waals surface area contributed by atoms with Gasteiger partial charge in [-0.25, -0.2) is 0 Å². The summed E-state index contributed by atoms with van der Waals surface area (Å²) in [7, 11) is 0. The number of benzene rings is 1. The average Bonchev–Trinajstić information content (AvgIpc) is 2.76. The Morgan fingerprint density at radius 2 is 2.31 bits per heavy atom. The van der Waals surface area contributed by atoms with Crippen LogP contribution in [0.1, 0.15) is 18.1 Å². The van der Waals surface area contributed by atoms with Crippen molar-refractivity contribution in [3.8, 4) is 18.1 Å². The van der Waals surface area contributed by atoms with Crippen LogP contribution in [-0.2, 0) is 6.42 Å². The van der Waals surface area contributed by atoms with Crippen molar-refractivity contribution < 1.29 is 4.74 Å². The highest BCUT2D eigenvalue weighted by molar-refractivity contribution is 7.17. The van der Waals surface area contributed by atoms with Crippen LogP contribution in [0, 0.1) is 19.3 Å². The van der Waals surface area contributed by atoms with Crippen LogP contribution in [-0.4, -0.2) is 6.61 Å². The molecular formula is C14H14OS. The van der Waals surface area contributed by atoms with Crippen molar-refractivity contribution in [2.24, 2.45) is 0 Å². The van der Waals surface area contributed by atoms with Gasteiger partial charge < -0.3 is 4.74 Å². The van der Waals surface area contributed by atoms with E-state index in [4.69, 9.17) is 11.2 Å². The van der Waals surface area contributed by atoms with E-state index >= 15 is 0 Å². The summed E-state index contributed by atoms with van der Waals surface area (Å²) in [6.45, 7) is 4.59. The smallest absolute Gasteiger partial charge is 0.148 e. The van der Waals surface area contributed by atoms with Gasteiger partial charge in [0.2, 0.25) is 0 Å². The Morgan fingerprint density at radius 1 is 1.50 bits per heavy atom. The van der Waals surface area contributed by atoms with E-state index < -0.39 is 0 Å². The molecule has 1 heterocycles.